The molecule has 0 aliphatic carbocycles. The molecule has 1 aromatic rings. The Labute approximate surface area is 97.2 Å². The average molecular weight is 233 g/mol. The second-order valence-electron chi connectivity index (χ2n) is 2.83. The number of aliphatic imine (C=N–C) groups is 1. The van der Waals surface area contributed by atoms with Crippen molar-refractivity contribution in [1.29, 1.82) is 10.5 Å². The molecule has 0 amide bonds. The third-order valence-corrected chi connectivity index (χ3v) is 2.51. The fourth-order valence-corrected chi connectivity index (χ4v) is 1.58. The van der Waals surface area contributed by atoms with Crippen molar-refractivity contribution in [1.82, 2.24) is 0 Å². The first-order chi connectivity index (χ1) is 7.71. The third-order valence-electron chi connectivity index (χ3n) is 1.76. The van der Waals surface area contributed by atoms with E-state index in [1.165, 1.54) is 30.0 Å². The third kappa shape index (κ3) is 3.08. The van der Waals surface area contributed by atoms with Crippen LogP contribution in [-0.2, 0) is 0 Å². The summed E-state index contributed by atoms with van der Waals surface area (Å²) in [5.41, 5.74) is 0.403. The van der Waals surface area contributed by atoms with Crippen LogP contribution in [0, 0.1) is 34.4 Å². The Balaban J connectivity index is 3.06. The first-order valence-corrected chi connectivity index (χ1v) is 5.61. The Morgan fingerprint density at radius 3 is 2.62 bits per heavy atom. The maximum atomic E-state index is 12.9. The predicted molar refractivity (Wildman–Crippen MR) is 61.7 cm³/mol. The number of benzene rings is 1. The van der Waals surface area contributed by atoms with E-state index >= 15 is 0 Å². The Hall–Kier alpha value is -1.85. The highest BCUT2D eigenvalue weighted by Gasteiger charge is 2.13. The van der Waals surface area contributed by atoms with Gasteiger partial charge in [-0.15, -0.1) is 11.8 Å². The molecule has 0 heterocycles. The summed E-state index contributed by atoms with van der Waals surface area (Å²) < 4.78 is 12.9. The lowest BCUT2D eigenvalue weighted by Crippen LogP contribution is -2.05. The highest BCUT2D eigenvalue weighted by molar-refractivity contribution is 8.13. The minimum absolute atomic E-state index is 0.371. The number of thioether (sulfide) groups is 1. The minimum Gasteiger partial charge on any atom is -0.244 e. The van der Waals surface area contributed by atoms with Gasteiger partial charge in [-0.2, -0.15) is 10.5 Å². The average Bonchev–Trinajstić information content (AvgIpc) is 2.29. The van der Waals surface area contributed by atoms with Crippen molar-refractivity contribution in [2.75, 3.05) is 6.26 Å². The van der Waals surface area contributed by atoms with Gasteiger partial charge in [0.25, 0.3) is 0 Å². The molecular weight excluding hydrogens is 225 g/mol. The van der Waals surface area contributed by atoms with Crippen LogP contribution in [0.4, 0.5) is 10.1 Å². The Morgan fingerprint density at radius 2 is 2.12 bits per heavy atom. The summed E-state index contributed by atoms with van der Waals surface area (Å²) in [4.78, 5) is 4.07. The van der Waals surface area contributed by atoms with Crippen molar-refractivity contribution in [3.05, 3.63) is 30.1 Å². The molecule has 5 heteroatoms. The quantitative estimate of drug-likeness (QED) is 0.583. The molecule has 0 bridgehead atoms. The van der Waals surface area contributed by atoms with Gasteiger partial charge in [-0.3, -0.25) is 0 Å². The zero-order valence-corrected chi connectivity index (χ0v) is 9.33. The molecule has 0 atom stereocenters. The number of halogens is 1. The highest BCUT2D eigenvalue weighted by atomic mass is 32.2. The summed E-state index contributed by atoms with van der Waals surface area (Å²) in [6.45, 7) is 0. The van der Waals surface area contributed by atoms with Crippen LogP contribution in [0.5, 0.6) is 0 Å². The second-order valence-corrected chi connectivity index (χ2v) is 3.65. The van der Waals surface area contributed by atoms with E-state index in [0.29, 0.717) is 10.7 Å². The second kappa shape index (κ2) is 5.89. The molecule has 0 saturated carbocycles. The molecule has 0 aromatic heterocycles. The predicted octanol–water partition coefficient (Wildman–Crippen LogP) is 2.88. The molecule has 0 N–H and O–H groups in total. The van der Waals surface area contributed by atoms with Crippen LogP contribution >= 0.6 is 11.8 Å². The van der Waals surface area contributed by atoms with Crippen molar-refractivity contribution < 1.29 is 4.39 Å². The van der Waals surface area contributed by atoms with E-state index < -0.39 is 11.7 Å². The maximum absolute atomic E-state index is 12.9. The Bertz CT molecular complexity index is 471. The van der Waals surface area contributed by atoms with Crippen LogP contribution in [0.2, 0.25) is 0 Å². The topological polar surface area (TPSA) is 59.9 Å². The van der Waals surface area contributed by atoms with Crippen molar-refractivity contribution >= 4 is 22.5 Å². The molecule has 16 heavy (non-hydrogen) atoms. The molecule has 1 rings (SSSR count). The summed E-state index contributed by atoms with van der Waals surface area (Å²) in [6.07, 6.45) is 1.72. The Kier molecular flexibility index (Phi) is 4.50. The summed E-state index contributed by atoms with van der Waals surface area (Å²) in [7, 11) is 0. The number of nitrogens with zero attached hydrogens (tertiary/aromatic N) is 3. The summed E-state index contributed by atoms with van der Waals surface area (Å²) >= 11 is 1.21. The lowest BCUT2D eigenvalue weighted by molar-refractivity contribution is 0.628. The molecule has 0 spiro atoms. The van der Waals surface area contributed by atoms with Crippen molar-refractivity contribution in [3.8, 4) is 12.1 Å². The first-order valence-electron chi connectivity index (χ1n) is 4.38. The van der Waals surface area contributed by atoms with Gasteiger partial charge in [0.05, 0.1) is 17.8 Å². The van der Waals surface area contributed by atoms with Gasteiger partial charge < -0.3 is 0 Å². The number of hydrogen-bond acceptors (Lipinski definition) is 4. The fraction of sp³-hybridized carbons (Fsp3) is 0.182. The molecule has 80 valence electrons. The lowest BCUT2D eigenvalue weighted by Gasteiger charge is -2.02. The molecule has 0 aliphatic heterocycles. The van der Waals surface area contributed by atoms with Gasteiger partial charge in [-0.1, -0.05) is 6.07 Å². The van der Waals surface area contributed by atoms with E-state index in [-0.39, 0.29) is 0 Å². The summed E-state index contributed by atoms with van der Waals surface area (Å²) in [5.74, 6) is -1.30. The van der Waals surface area contributed by atoms with Crippen LogP contribution in [0.3, 0.4) is 0 Å². The molecule has 0 saturated heterocycles. The molecule has 0 fully saturated rings. The van der Waals surface area contributed by atoms with Gasteiger partial charge in [0, 0.05) is 0 Å². The molecule has 1 aromatic carbocycles. The van der Waals surface area contributed by atoms with Crippen LogP contribution < -0.4 is 0 Å². The van der Waals surface area contributed by atoms with E-state index in [9.17, 15) is 4.39 Å². The zero-order chi connectivity index (χ0) is 12.0. The SMILES string of the molecule is CSC(=Nc1cccc(F)c1)C(C#N)C#N. The van der Waals surface area contributed by atoms with Crippen LogP contribution in [0.15, 0.2) is 29.3 Å². The fourth-order valence-electron chi connectivity index (χ4n) is 1.04. The lowest BCUT2D eigenvalue weighted by atomic mass is 10.2. The summed E-state index contributed by atoms with van der Waals surface area (Å²) in [5, 5.41) is 17.8. The van der Waals surface area contributed by atoms with Crippen LogP contribution in [0.25, 0.3) is 0 Å². The standard InChI is InChI=1S/C11H8FN3S/c1-16-11(8(6-13)7-14)15-10-4-2-3-9(12)5-10/h2-5,8H,1H3. The molecule has 3 nitrogen and oxygen atoms in total. The van der Waals surface area contributed by atoms with E-state index in [2.05, 4.69) is 4.99 Å². The monoisotopic (exact) mass is 233 g/mol. The first kappa shape index (κ1) is 12.2. The smallest absolute Gasteiger partial charge is 0.181 e. The van der Waals surface area contributed by atoms with Crippen molar-refractivity contribution in [2.24, 2.45) is 10.9 Å². The molecule has 0 radical (unpaired) electrons. The normalized spacial score (nSPS) is 10.9. The number of hydrogen-bond donors (Lipinski definition) is 0. The van der Waals surface area contributed by atoms with Gasteiger partial charge >= 0.3 is 0 Å². The largest absolute Gasteiger partial charge is 0.244 e. The summed E-state index contributed by atoms with van der Waals surface area (Å²) in [6, 6.07) is 9.37. The maximum Gasteiger partial charge on any atom is 0.181 e. The van der Waals surface area contributed by atoms with Crippen LogP contribution in [0.1, 0.15) is 0 Å². The van der Waals surface area contributed by atoms with Crippen molar-refractivity contribution in [2.45, 2.75) is 0 Å². The number of nitriles is 2. The molecule has 0 unspecified atom stereocenters. The highest BCUT2D eigenvalue weighted by Crippen LogP contribution is 2.19. The van der Waals surface area contributed by atoms with Gasteiger partial charge in [-0.05, 0) is 24.5 Å². The molecule has 0 aliphatic rings. The zero-order valence-electron chi connectivity index (χ0n) is 8.51. The van der Waals surface area contributed by atoms with E-state index in [1.807, 2.05) is 12.1 Å². The van der Waals surface area contributed by atoms with Gasteiger partial charge in [0.2, 0.25) is 0 Å². The van der Waals surface area contributed by atoms with Crippen molar-refractivity contribution in [3.63, 3.8) is 0 Å². The van der Waals surface area contributed by atoms with Gasteiger partial charge in [0.15, 0.2) is 5.92 Å². The number of rotatable bonds is 2. The van der Waals surface area contributed by atoms with E-state index in [4.69, 9.17) is 10.5 Å². The van der Waals surface area contributed by atoms with Gasteiger partial charge in [-0.25, -0.2) is 9.38 Å². The van der Waals surface area contributed by atoms with E-state index in [0.717, 1.165) is 0 Å². The van der Waals surface area contributed by atoms with Gasteiger partial charge in [0.1, 0.15) is 10.9 Å². The van der Waals surface area contributed by atoms with Crippen LogP contribution in [-0.4, -0.2) is 11.3 Å². The minimum atomic E-state index is -0.904. The Morgan fingerprint density at radius 1 is 1.44 bits per heavy atom. The molecular formula is C11H8FN3S. The van der Waals surface area contributed by atoms with E-state index in [1.54, 1.807) is 12.3 Å².